The van der Waals surface area contributed by atoms with Gasteiger partial charge in [0.25, 0.3) is 0 Å². The third-order valence-electron chi connectivity index (χ3n) is 3.88. The van der Waals surface area contributed by atoms with Crippen molar-refractivity contribution in [2.24, 2.45) is 5.92 Å². The lowest BCUT2D eigenvalue weighted by Gasteiger charge is -2.34. The highest BCUT2D eigenvalue weighted by Gasteiger charge is 2.17. The van der Waals surface area contributed by atoms with Crippen LogP contribution in [0, 0.1) is 19.8 Å². The van der Waals surface area contributed by atoms with Gasteiger partial charge in [-0.3, -0.25) is 0 Å². The monoisotopic (exact) mass is 246 g/mol. The van der Waals surface area contributed by atoms with E-state index >= 15 is 0 Å². The fourth-order valence-corrected chi connectivity index (χ4v) is 2.66. The van der Waals surface area contributed by atoms with E-state index in [0.717, 1.165) is 19.6 Å². The van der Waals surface area contributed by atoms with E-state index in [9.17, 15) is 0 Å². The molecule has 100 valence electrons. The van der Waals surface area contributed by atoms with Gasteiger partial charge in [-0.1, -0.05) is 19.1 Å². The van der Waals surface area contributed by atoms with Crippen LogP contribution in [0.2, 0.25) is 0 Å². The molecule has 18 heavy (non-hydrogen) atoms. The van der Waals surface area contributed by atoms with Crippen LogP contribution >= 0.6 is 0 Å². The molecule has 1 aliphatic heterocycles. The lowest BCUT2D eigenvalue weighted by atomic mass is 10.0. The molecule has 1 N–H and O–H groups in total. The highest BCUT2D eigenvalue weighted by Crippen LogP contribution is 2.23. The maximum Gasteiger partial charge on any atom is 0.0398 e. The van der Waals surface area contributed by atoms with Crippen LogP contribution in [-0.4, -0.2) is 25.7 Å². The summed E-state index contributed by atoms with van der Waals surface area (Å²) in [5, 5.41) is 3.61. The Balaban J connectivity index is 2.21. The Morgan fingerprint density at radius 2 is 2.00 bits per heavy atom. The fraction of sp³-hybridized carbons (Fsp3) is 0.625. The van der Waals surface area contributed by atoms with Crippen LogP contribution in [0.3, 0.4) is 0 Å². The lowest BCUT2D eigenvalue weighted by Crippen LogP contribution is -2.42. The van der Waals surface area contributed by atoms with Gasteiger partial charge in [-0.2, -0.15) is 0 Å². The molecule has 2 heteroatoms. The SMILES string of the molecule is Cc1ccc(C)c(N2CCC(C)NCC(C)C2)c1. The molecule has 1 aliphatic rings. The van der Waals surface area contributed by atoms with Crippen molar-refractivity contribution in [1.29, 1.82) is 0 Å². The van der Waals surface area contributed by atoms with Gasteiger partial charge < -0.3 is 10.2 Å². The molecule has 1 heterocycles. The zero-order valence-electron chi connectivity index (χ0n) is 12.2. The maximum atomic E-state index is 3.61. The Labute approximate surface area is 111 Å². The van der Waals surface area contributed by atoms with Gasteiger partial charge in [0.15, 0.2) is 0 Å². The predicted molar refractivity (Wildman–Crippen MR) is 79.4 cm³/mol. The quantitative estimate of drug-likeness (QED) is 0.819. The maximum absolute atomic E-state index is 3.61. The molecular weight excluding hydrogens is 220 g/mol. The van der Waals surface area contributed by atoms with Crippen LogP contribution in [0.15, 0.2) is 18.2 Å². The number of anilines is 1. The second-order valence-electron chi connectivity index (χ2n) is 5.94. The number of hydrogen-bond acceptors (Lipinski definition) is 2. The summed E-state index contributed by atoms with van der Waals surface area (Å²) in [6, 6.07) is 7.41. The Bertz CT molecular complexity index is 400. The summed E-state index contributed by atoms with van der Waals surface area (Å²) >= 11 is 0. The van der Waals surface area contributed by atoms with Crippen LogP contribution in [-0.2, 0) is 0 Å². The van der Waals surface area contributed by atoms with Crippen LogP contribution in [0.1, 0.15) is 31.4 Å². The van der Waals surface area contributed by atoms with Crippen LogP contribution in [0.25, 0.3) is 0 Å². The highest BCUT2D eigenvalue weighted by atomic mass is 15.1. The molecular formula is C16H26N2. The second-order valence-corrected chi connectivity index (χ2v) is 5.94. The van der Waals surface area contributed by atoms with Gasteiger partial charge in [0.05, 0.1) is 0 Å². The van der Waals surface area contributed by atoms with E-state index in [-0.39, 0.29) is 0 Å². The topological polar surface area (TPSA) is 15.3 Å². The van der Waals surface area contributed by atoms with Crippen molar-refractivity contribution in [1.82, 2.24) is 5.32 Å². The largest absolute Gasteiger partial charge is 0.371 e. The Hall–Kier alpha value is -1.02. The molecule has 0 amide bonds. The van der Waals surface area contributed by atoms with E-state index in [2.05, 4.69) is 56.1 Å². The minimum atomic E-state index is 0.625. The number of nitrogens with zero attached hydrogens (tertiary/aromatic N) is 1. The van der Waals surface area contributed by atoms with Gasteiger partial charge in [0.1, 0.15) is 0 Å². The number of benzene rings is 1. The van der Waals surface area contributed by atoms with Gasteiger partial charge in [0, 0.05) is 24.8 Å². The summed E-state index contributed by atoms with van der Waals surface area (Å²) in [5.74, 6) is 0.702. The standard InChI is InChI=1S/C16H26N2/c1-12-5-6-14(3)16(9-12)18-8-7-15(4)17-10-13(2)11-18/h5-6,9,13,15,17H,7-8,10-11H2,1-4H3. The molecule has 2 atom stereocenters. The average molecular weight is 246 g/mol. The molecule has 0 aromatic heterocycles. The molecule has 0 aliphatic carbocycles. The first-order valence-corrected chi connectivity index (χ1v) is 7.12. The third kappa shape index (κ3) is 3.26. The number of nitrogens with one attached hydrogen (secondary N) is 1. The molecule has 0 bridgehead atoms. The second kappa shape index (κ2) is 5.75. The van der Waals surface area contributed by atoms with E-state index in [0.29, 0.717) is 12.0 Å². The van der Waals surface area contributed by atoms with Crippen molar-refractivity contribution in [3.05, 3.63) is 29.3 Å². The number of hydrogen-bond donors (Lipinski definition) is 1. The number of aryl methyl sites for hydroxylation is 2. The molecule has 1 aromatic carbocycles. The van der Waals surface area contributed by atoms with Crippen molar-refractivity contribution in [3.63, 3.8) is 0 Å². The molecule has 2 unspecified atom stereocenters. The third-order valence-corrected chi connectivity index (χ3v) is 3.88. The van der Waals surface area contributed by atoms with E-state index in [4.69, 9.17) is 0 Å². The Kier molecular flexibility index (Phi) is 4.28. The average Bonchev–Trinajstić information content (AvgIpc) is 2.33. The first-order valence-electron chi connectivity index (χ1n) is 7.12. The molecule has 2 nitrogen and oxygen atoms in total. The lowest BCUT2D eigenvalue weighted by molar-refractivity contribution is 0.410. The van der Waals surface area contributed by atoms with Crippen LogP contribution in [0.4, 0.5) is 5.69 Å². The zero-order chi connectivity index (χ0) is 13.1. The summed E-state index contributed by atoms with van der Waals surface area (Å²) in [4.78, 5) is 2.57. The molecule has 0 radical (unpaired) electrons. The summed E-state index contributed by atoms with van der Waals surface area (Å²) in [7, 11) is 0. The van der Waals surface area contributed by atoms with Gasteiger partial charge in [-0.25, -0.2) is 0 Å². The number of rotatable bonds is 1. The minimum Gasteiger partial charge on any atom is -0.371 e. The van der Waals surface area contributed by atoms with E-state index in [1.165, 1.54) is 23.2 Å². The fourth-order valence-electron chi connectivity index (χ4n) is 2.66. The summed E-state index contributed by atoms with van der Waals surface area (Å²) in [6.07, 6.45) is 1.22. The van der Waals surface area contributed by atoms with Crippen molar-refractivity contribution >= 4 is 5.69 Å². The van der Waals surface area contributed by atoms with E-state index in [1.807, 2.05) is 0 Å². The molecule has 1 saturated heterocycles. The normalized spacial score (nSPS) is 25.7. The summed E-state index contributed by atoms with van der Waals surface area (Å²) in [5.41, 5.74) is 4.18. The molecule has 2 rings (SSSR count). The zero-order valence-corrected chi connectivity index (χ0v) is 12.2. The summed E-state index contributed by atoms with van der Waals surface area (Å²) < 4.78 is 0. The van der Waals surface area contributed by atoms with Crippen molar-refractivity contribution in [2.75, 3.05) is 24.5 Å². The van der Waals surface area contributed by atoms with Gasteiger partial charge in [-0.15, -0.1) is 0 Å². The van der Waals surface area contributed by atoms with Crippen molar-refractivity contribution in [2.45, 2.75) is 40.2 Å². The van der Waals surface area contributed by atoms with Gasteiger partial charge in [0.2, 0.25) is 0 Å². The first kappa shape index (κ1) is 13.4. The van der Waals surface area contributed by atoms with Crippen LogP contribution < -0.4 is 10.2 Å². The van der Waals surface area contributed by atoms with Crippen molar-refractivity contribution < 1.29 is 0 Å². The molecule has 1 aromatic rings. The molecule has 1 fully saturated rings. The Morgan fingerprint density at radius 3 is 2.78 bits per heavy atom. The van der Waals surface area contributed by atoms with Gasteiger partial charge in [-0.05, 0) is 56.8 Å². The molecule has 0 saturated carbocycles. The smallest absolute Gasteiger partial charge is 0.0398 e. The molecule has 0 spiro atoms. The van der Waals surface area contributed by atoms with E-state index in [1.54, 1.807) is 0 Å². The van der Waals surface area contributed by atoms with Gasteiger partial charge >= 0.3 is 0 Å². The minimum absolute atomic E-state index is 0.625. The Morgan fingerprint density at radius 1 is 1.22 bits per heavy atom. The van der Waals surface area contributed by atoms with Crippen LogP contribution in [0.5, 0.6) is 0 Å². The van der Waals surface area contributed by atoms with Crippen molar-refractivity contribution in [3.8, 4) is 0 Å². The summed E-state index contributed by atoms with van der Waals surface area (Å²) in [6.45, 7) is 12.5. The van der Waals surface area contributed by atoms with E-state index < -0.39 is 0 Å². The first-order chi connectivity index (χ1) is 8.56. The highest BCUT2D eigenvalue weighted by molar-refractivity contribution is 5.55. The predicted octanol–water partition coefficient (Wildman–Crippen LogP) is 3.13.